The van der Waals surface area contributed by atoms with Gasteiger partial charge in [-0.05, 0) is 12.8 Å². The Hall–Kier alpha value is -1.10. The number of likely N-dealkylation sites (N-methyl/N-ethyl adjacent to an activating group) is 1. The molecule has 2 fully saturated rings. The molecule has 0 atom stereocenters. The Bertz CT molecular complexity index is 297. The molecule has 0 aromatic carbocycles. The van der Waals surface area contributed by atoms with Crippen LogP contribution in [0.3, 0.4) is 0 Å². The molecule has 5 heteroatoms. The van der Waals surface area contributed by atoms with Gasteiger partial charge in [-0.2, -0.15) is 0 Å². The molecular weight excluding hydrogens is 194 g/mol. The summed E-state index contributed by atoms with van der Waals surface area (Å²) in [5.74, 6) is -0.0431. The highest BCUT2D eigenvalue weighted by molar-refractivity contribution is 6.06. The van der Waals surface area contributed by atoms with Gasteiger partial charge in [0.25, 0.3) is 5.91 Å². The average Bonchev–Trinajstić information content (AvgIpc) is 2.77. The van der Waals surface area contributed by atoms with Gasteiger partial charge in [-0.1, -0.05) is 12.8 Å². The van der Waals surface area contributed by atoms with Crippen LogP contribution < -0.4 is 5.73 Å². The highest BCUT2D eigenvalue weighted by Crippen LogP contribution is 2.40. The molecule has 0 unspecified atom stereocenters. The van der Waals surface area contributed by atoms with E-state index in [1.54, 1.807) is 11.9 Å². The van der Waals surface area contributed by atoms with Crippen molar-refractivity contribution in [1.82, 2.24) is 9.80 Å². The molecule has 1 aliphatic heterocycles. The fourth-order valence-electron chi connectivity index (χ4n) is 2.76. The van der Waals surface area contributed by atoms with Gasteiger partial charge in [0.15, 0.2) is 0 Å². The molecule has 2 N–H and O–H groups in total. The SMILES string of the molecule is CN1C(=O)N(CCN)C2(CCCC2)C1=O. The molecule has 0 bridgehead atoms. The lowest BCUT2D eigenvalue weighted by Crippen LogP contribution is -2.49. The normalized spacial score (nSPS) is 24.7. The molecule has 2 aliphatic rings. The van der Waals surface area contributed by atoms with E-state index in [4.69, 9.17) is 5.73 Å². The average molecular weight is 211 g/mol. The number of carbonyl (C=O) groups is 2. The summed E-state index contributed by atoms with van der Waals surface area (Å²) in [6, 6.07) is -0.188. The van der Waals surface area contributed by atoms with Crippen molar-refractivity contribution in [2.75, 3.05) is 20.1 Å². The predicted molar refractivity (Wildman–Crippen MR) is 55.1 cm³/mol. The summed E-state index contributed by atoms with van der Waals surface area (Å²) >= 11 is 0. The molecule has 0 aromatic heterocycles. The third-order valence-electron chi connectivity index (χ3n) is 3.52. The van der Waals surface area contributed by atoms with E-state index in [-0.39, 0.29) is 11.9 Å². The van der Waals surface area contributed by atoms with E-state index >= 15 is 0 Å². The number of amides is 3. The minimum Gasteiger partial charge on any atom is -0.329 e. The quantitative estimate of drug-likeness (QED) is 0.661. The van der Waals surface area contributed by atoms with Crippen molar-refractivity contribution in [3.63, 3.8) is 0 Å². The van der Waals surface area contributed by atoms with E-state index in [9.17, 15) is 9.59 Å². The summed E-state index contributed by atoms with van der Waals surface area (Å²) in [5, 5.41) is 0. The van der Waals surface area contributed by atoms with Gasteiger partial charge in [0, 0.05) is 20.1 Å². The van der Waals surface area contributed by atoms with Crippen molar-refractivity contribution in [2.45, 2.75) is 31.2 Å². The lowest BCUT2D eigenvalue weighted by molar-refractivity contribution is -0.132. The Labute approximate surface area is 89.2 Å². The monoisotopic (exact) mass is 211 g/mol. The molecule has 1 spiro atoms. The van der Waals surface area contributed by atoms with Crippen molar-refractivity contribution >= 4 is 11.9 Å². The Morgan fingerprint density at radius 2 is 1.93 bits per heavy atom. The molecule has 0 aromatic rings. The van der Waals surface area contributed by atoms with Crippen LogP contribution in [-0.2, 0) is 4.79 Å². The molecule has 1 heterocycles. The number of imide groups is 1. The lowest BCUT2D eigenvalue weighted by Gasteiger charge is -2.30. The maximum absolute atomic E-state index is 12.0. The summed E-state index contributed by atoms with van der Waals surface area (Å²) in [6.07, 6.45) is 3.63. The lowest BCUT2D eigenvalue weighted by atomic mass is 9.96. The van der Waals surface area contributed by atoms with Gasteiger partial charge in [0.1, 0.15) is 5.54 Å². The maximum Gasteiger partial charge on any atom is 0.327 e. The Balaban J connectivity index is 2.33. The summed E-state index contributed by atoms with van der Waals surface area (Å²) in [4.78, 5) is 26.8. The third kappa shape index (κ3) is 1.26. The second kappa shape index (κ2) is 3.48. The number of hydrogen-bond acceptors (Lipinski definition) is 3. The van der Waals surface area contributed by atoms with Gasteiger partial charge in [-0.15, -0.1) is 0 Å². The molecule has 1 saturated carbocycles. The molecule has 1 saturated heterocycles. The smallest absolute Gasteiger partial charge is 0.327 e. The molecule has 3 amide bonds. The van der Waals surface area contributed by atoms with Crippen LogP contribution >= 0.6 is 0 Å². The number of rotatable bonds is 2. The summed E-state index contributed by atoms with van der Waals surface area (Å²) in [5.41, 5.74) is 4.94. The summed E-state index contributed by atoms with van der Waals surface area (Å²) < 4.78 is 0. The summed E-state index contributed by atoms with van der Waals surface area (Å²) in [6.45, 7) is 0.892. The van der Waals surface area contributed by atoms with Crippen molar-refractivity contribution in [3.8, 4) is 0 Å². The highest BCUT2D eigenvalue weighted by atomic mass is 16.2. The first kappa shape index (κ1) is 10.4. The fourth-order valence-corrected chi connectivity index (χ4v) is 2.76. The molecular formula is C10H17N3O2. The number of carbonyl (C=O) groups excluding carboxylic acids is 2. The van der Waals surface area contributed by atoms with E-state index in [0.29, 0.717) is 13.1 Å². The molecule has 1 aliphatic carbocycles. The zero-order chi connectivity index (χ0) is 11.1. The van der Waals surface area contributed by atoms with Crippen molar-refractivity contribution in [3.05, 3.63) is 0 Å². The predicted octanol–water partition coefficient (Wildman–Crippen LogP) is 0.152. The van der Waals surface area contributed by atoms with Crippen LogP contribution in [0.25, 0.3) is 0 Å². The van der Waals surface area contributed by atoms with Crippen LogP contribution in [0, 0.1) is 0 Å². The summed E-state index contributed by atoms with van der Waals surface area (Å²) in [7, 11) is 1.56. The topological polar surface area (TPSA) is 66.6 Å². The van der Waals surface area contributed by atoms with E-state index in [1.807, 2.05) is 0 Å². The highest BCUT2D eigenvalue weighted by Gasteiger charge is 2.56. The standard InChI is InChI=1S/C10H17N3O2/c1-12-8(14)10(4-2-3-5-10)13(7-6-11)9(12)15/h2-7,11H2,1H3. The van der Waals surface area contributed by atoms with E-state index in [0.717, 1.165) is 25.7 Å². The number of nitrogens with two attached hydrogens (primary N) is 1. The largest absolute Gasteiger partial charge is 0.329 e. The third-order valence-corrected chi connectivity index (χ3v) is 3.52. The maximum atomic E-state index is 12.0. The first-order valence-corrected chi connectivity index (χ1v) is 5.43. The van der Waals surface area contributed by atoms with Crippen LogP contribution in [0.4, 0.5) is 4.79 Å². The molecule has 84 valence electrons. The molecule has 15 heavy (non-hydrogen) atoms. The van der Waals surface area contributed by atoms with Gasteiger partial charge in [-0.25, -0.2) is 4.79 Å². The van der Waals surface area contributed by atoms with Crippen molar-refractivity contribution in [2.24, 2.45) is 5.73 Å². The Kier molecular flexibility index (Phi) is 2.42. The zero-order valence-electron chi connectivity index (χ0n) is 9.03. The molecule has 0 radical (unpaired) electrons. The van der Waals surface area contributed by atoms with E-state index in [1.165, 1.54) is 4.90 Å². The van der Waals surface area contributed by atoms with Gasteiger partial charge in [-0.3, -0.25) is 9.69 Å². The van der Waals surface area contributed by atoms with Crippen LogP contribution in [-0.4, -0.2) is 47.4 Å². The minimum atomic E-state index is -0.550. The van der Waals surface area contributed by atoms with Crippen LogP contribution in [0.1, 0.15) is 25.7 Å². The minimum absolute atomic E-state index is 0.0431. The van der Waals surface area contributed by atoms with Crippen LogP contribution in [0.15, 0.2) is 0 Å². The van der Waals surface area contributed by atoms with Gasteiger partial charge in [0.05, 0.1) is 0 Å². The molecule has 2 rings (SSSR count). The number of urea groups is 1. The van der Waals surface area contributed by atoms with Gasteiger partial charge >= 0.3 is 6.03 Å². The first-order chi connectivity index (χ1) is 7.13. The second-order valence-corrected chi connectivity index (χ2v) is 4.33. The first-order valence-electron chi connectivity index (χ1n) is 5.43. The number of hydrogen-bond donors (Lipinski definition) is 1. The Morgan fingerprint density at radius 1 is 1.33 bits per heavy atom. The number of nitrogens with zero attached hydrogens (tertiary/aromatic N) is 2. The Morgan fingerprint density at radius 3 is 2.47 bits per heavy atom. The van der Waals surface area contributed by atoms with E-state index in [2.05, 4.69) is 0 Å². The van der Waals surface area contributed by atoms with Crippen LogP contribution in [0.2, 0.25) is 0 Å². The second-order valence-electron chi connectivity index (χ2n) is 4.33. The van der Waals surface area contributed by atoms with Crippen molar-refractivity contribution < 1.29 is 9.59 Å². The van der Waals surface area contributed by atoms with Gasteiger partial charge in [0.2, 0.25) is 0 Å². The van der Waals surface area contributed by atoms with Crippen LogP contribution in [0.5, 0.6) is 0 Å². The zero-order valence-corrected chi connectivity index (χ0v) is 9.03. The van der Waals surface area contributed by atoms with Gasteiger partial charge < -0.3 is 10.6 Å². The van der Waals surface area contributed by atoms with E-state index < -0.39 is 5.54 Å². The molecule has 5 nitrogen and oxygen atoms in total. The van der Waals surface area contributed by atoms with Crippen molar-refractivity contribution in [1.29, 1.82) is 0 Å². The fraction of sp³-hybridized carbons (Fsp3) is 0.800.